The van der Waals surface area contributed by atoms with E-state index < -0.39 is 0 Å². The Morgan fingerprint density at radius 3 is 2.56 bits per heavy atom. The third kappa shape index (κ3) is 1.60. The molecule has 3 heteroatoms. The van der Waals surface area contributed by atoms with Gasteiger partial charge in [-0.1, -0.05) is 26.7 Å². The van der Waals surface area contributed by atoms with E-state index in [-0.39, 0.29) is 11.0 Å². The third-order valence-electron chi connectivity index (χ3n) is 6.18. The van der Waals surface area contributed by atoms with Crippen molar-refractivity contribution in [1.29, 1.82) is 0 Å². The van der Waals surface area contributed by atoms with E-state index >= 15 is 0 Å². The van der Waals surface area contributed by atoms with Crippen molar-refractivity contribution in [3.63, 3.8) is 0 Å². The van der Waals surface area contributed by atoms with Crippen molar-refractivity contribution < 1.29 is 4.74 Å². The first-order chi connectivity index (χ1) is 8.39. The van der Waals surface area contributed by atoms with Crippen molar-refractivity contribution in [3.05, 3.63) is 0 Å². The van der Waals surface area contributed by atoms with E-state index in [1.165, 1.54) is 25.7 Å². The van der Waals surface area contributed by atoms with E-state index in [1.807, 2.05) is 0 Å². The summed E-state index contributed by atoms with van der Waals surface area (Å²) < 4.78 is 5.85. The van der Waals surface area contributed by atoms with Crippen molar-refractivity contribution >= 4 is 0 Å². The summed E-state index contributed by atoms with van der Waals surface area (Å²) in [5.74, 6) is 0.560. The molecule has 18 heavy (non-hydrogen) atoms. The van der Waals surface area contributed by atoms with Crippen molar-refractivity contribution in [2.45, 2.75) is 70.1 Å². The lowest BCUT2D eigenvalue weighted by Crippen LogP contribution is -2.78. The van der Waals surface area contributed by atoms with Crippen LogP contribution in [0.4, 0.5) is 0 Å². The van der Waals surface area contributed by atoms with Gasteiger partial charge in [-0.3, -0.25) is 0 Å². The molecule has 3 rings (SSSR count). The Hall–Kier alpha value is -0.120. The van der Waals surface area contributed by atoms with Crippen LogP contribution >= 0.6 is 0 Å². The van der Waals surface area contributed by atoms with Gasteiger partial charge in [0.15, 0.2) is 0 Å². The fraction of sp³-hybridized carbons (Fsp3) is 1.00. The second kappa shape index (κ2) is 3.94. The normalized spacial score (nSPS) is 44.7. The SMILES string of the molecule is CC1(NCC2(N)C3CCOC3C2(C)C)CCCC1. The van der Waals surface area contributed by atoms with Gasteiger partial charge in [0.1, 0.15) is 0 Å². The maximum atomic E-state index is 6.76. The van der Waals surface area contributed by atoms with Crippen LogP contribution in [0.3, 0.4) is 0 Å². The predicted molar refractivity (Wildman–Crippen MR) is 73.4 cm³/mol. The molecule has 0 aromatic carbocycles. The molecule has 1 heterocycles. The van der Waals surface area contributed by atoms with E-state index in [1.54, 1.807) is 0 Å². The zero-order chi connectivity index (χ0) is 13.0. The fourth-order valence-electron chi connectivity index (χ4n) is 4.53. The molecule has 2 saturated carbocycles. The van der Waals surface area contributed by atoms with Crippen LogP contribution in [0.25, 0.3) is 0 Å². The summed E-state index contributed by atoms with van der Waals surface area (Å²) in [6.07, 6.45) is 6.85. The first-order valence-corrected chi connectivity index (χ1v) is 7.55. The van der Waals surface area contributed by atoms with Gasteiger partial charge in [0.25, 0.3) is 0 Å². The van der Waals surface area contributed by atoms with Crippen molar-refractivity contribution in [3.8, 4) is 0 Å². The van der Waals surface area contributed by atoms with Crippen LogP contribution in [0.1, 0.15) is 52.9 Å². The van der Waals surface area contributed by atoms with Crippen molar-refractivity contribution in [2.75, 3.05) is 13.2 Å². The van der Waals surface area contributed by atoms with Gasteiger partial charge in [0.05, 0.1) is 6.10 Å². The summed E-state index contributed by atoms with van der Waals surface area (Å²) in [5.41, 5.74) is 7.11. The van der Waals surface area contributed by atoms with E-state index in [0.29, 0.717) is 17.6 Å². The molecular formula is C15H28N2O. The Kier molecular flexibility index (Phi) is 2.82. The second-order valence-electron chi connectivity index (χ2n) is 7.57. The smallest absolute Gasteiger partial charge is 0.0691 e. The van der Waals surface area contributed by atoms with Gasteiger partial charge >= 0.3 is 0 Å². The largest absolute Gasteiger partial charge is 0.377 e. The minimum Gasteiger partial charge on any atom is -0.377 e. The maximum absolute atomic E-state index is 6.76. The molecule has 3 atom stereocenters. The van der Waals surface area contributed by atoms with Gasteiger partial charge in [0.2, 0.25) is 0 Å². The molecule has 1 aliphatic heterocycles. The highest BCUT2D eigenvalue weighted by Crippen LogP contribution is 2.58. The van der Waals surface area contributed by atoms with Crippen LogP contribution in [0.15, 0.2) is 0 Å². The zero-order valence-corrected chi connectivity index (χ0v) is 12.1. The predicted octanol–water partition coefficient (Wildman–Crippen LogP) is 2.05. The molecule has 0 amide bonds. The molecule has 3 unspecified atom stereocenters. The number of hydrogen-bond donors (Lipinski definition) is 2. The monoisotopic (exact) mass is 252 g/mol. The van der Waals surface area contributed by atoms with Gasteiger partial charge in [-0.15, -0.1) is 0 Å². The molecule has 3 fully saturated rings. The summed E-state index contributed by atoms with van der Waals surface area (Å²) >= 11 is 0. The van der Waals surface area contributed by atoms with Gasteiger partial charge in [-0.2, -0.15) is 0 Å². The molecule has 0 aromatic rings. The van der Waals surface area contributed by atoms with Crippen LogP contribution in [-0.2, 0) is 4.74 Å². The molecule has 3 nitrogen and oxygen atoms in total. The summed E-state index contributed by atoms with van der Waals surface area (Å²) in [4.78, 5) is 0. The van der Waals surface area contributed by atoms with Crippen LogP contribution in [0.5, 0.6) is 0 Å². The Labute approximate surface area is 111 Å². The van der Waals surface area contributed by atoms with E-state index in [9.17, 15) is 0 Å². The molecule has 1 saturated heterocycles. The number of nitrogens with one attached hydrogen (secondary N) is 1. The Balaban J connectivity index is 1.68. The number of nitrogens with two attached hydrogens (primary N) is 1. The quantitative estimate of drug-likeness (QED) is 0.808. The number of ether oxygens (including phenoxy) is 1. The Morgan fingerprint density at radius 1 is 1.22 bits per heavy atom. The first-order valence-electron chi connectivity index (χ1n) is 7.55. The average molecular weight is 252 g/mol. The van der Waals surface area contributed by atoms with Gasteiger partial charge in [-0.05, 0) is 26.2 Å². The standard InChI is InChI=1S/C15H28N2O/c1-13(2)12-11(6-9-18-12)15(13,16)10-17-14(3)7-4-5-8-14/h11-12,17H,4-10,16H2,1-3H3. The zero-order valence-electron chi connectivity index (χ0n) is 12.1. The highest BCUT2D eigenvalue weighted by atomic mass is 16.5. The summed E-state index contributed by atoms with van der Waals surface area (Å²) in [7, 11) is 0. The molecule has 0 spiro atoms. The first kappa shape index (κ1) is 12.9. The summed E-state index contributed by atoms with van der Waals surface area (Å²) in [6.45, 7) is 8.75. The van der Waals surface area contributed by atoms with Crippen LogP contribution in [-0.4, -0.2) is 30.3 Å². The number of rotatable bonds is 3. The molecule has 104 valence electrons. The van der Waals surface area contributed by atoms with E-state index in [4.69, 9.17) is 10.5 Å². The molecule has 0 bridgehead atoms. The maximum Gasteiger partial charge on any atom is 0.0691 e. The van der Waals surface area contributed by atoms with Crippen LogP contribution < -0.4 is 11.1 Å². The summed E-state index contributed by atoms with van der Waals surface area (Å²) in [6, 6.07) is 0. The molecule has 3 aliphatic rings. The highest BCUT2D eigenvalue weighted by molar-refractivity contribution is 5.22. The lowest BCUT2D eigenvalue weighted by Gasteiger charge is -2.63. The molecule has 0 radical (unpaired) electrons. The fourth-order valence-corrected chi connectivity index (χ4v) is 4.53. The van der Waals surface area contributed by atoms with Gasteiger partial charge < -0.3 is 15.8 Å². The minimum absolute atomic E-state index is 0.0836. The number of fused-ring (bicyclic) bond motifs is 1. The van der Waals surface area contributed by atoms with Gasteiger partial charge in [0, 0.05) is 35.6 Å². The molecule has 0 aromatic heterocycles. The third-order valence-corrected chi connectivity index (χ3v) is 6.18. The van der Waals surface area contributed by atoms with E-state index in [2.05, 4.69) is 26.1 Å². The van der Waals surface area contributed by atoms with E-state index in [0.717, 1.165) is 19.6 Å². The van der Waals surface area contributed by atoms with Crippen molar-refractivity contribution in [2.24, 2.45) is 17.1 Å². The molecule has 2 aliphatic carbocycles. The second-order valence-corrected chi connectivity index (χ2v) is 7.57. The Morgan fingerprint density at radius 2 is 1.89 bits per heavy atom. The molecule has 3 N–H and O–H groups in total. The lowest BCUT2D eigenvalue weighted by molar-refractivity contribution is -0.154. The van der Waals surface area contributed by atoms with Crippen molar-refractivity contribution in [1.82, 2.24) is 5.32 Å². The summed E-state index contributed by atoms with van der Waals surface area (Å²) in [5, 5.41) is 3.79. The molecular weight excluding hydrogens is 224 g/mol. The lowest BCUT2D eigenvalue weighted by atomic mass is 9.48. The number of hydrogen-bond acceptors (Lipinski definition) is 3. The van der Waals surface area contributed by atoms with Crippen LogP contribution in [0, 0.1) is 11.3 Å². The van der Waals surface area contributed by atoms with Crippen LogP contribution in [0.2, 0.25) is 0 Å². The topological polar surface area (TPSA) is 47.3 Å². The van der Waals surface area contributed by atoms with Gasteiger partial charge in [-0.25, -0.2) is 0 Å². The Bertz CT molecular complexity index is 335. The average Bonchev–Trinajstić information content (AvgIpc) is 2.94. The minimum atomic E-state index is -0.0836. The highest BCUT2D eigenvalue weighted by Gasteiger charge is 2.67.